The molecule has 2 aromatic rings. The lowest BCUT2D eigenvalue weighted by Crippen LogP contribution is -2.03. The number of nitrogens with zero attached hydrogens (tertiary/aromatic N) is 2. The number of rotatable bonds is 15. The fourth-order valence-corrected chi connectivity index (χ4v) is 5.13. The van der Waals surface area contributed by atoms with E-state index in [2.05, 4.69) is 88.4 Å². The van der Waals surface area contributed by atoms with Crippen LogP contribution in [-0.4, -0.2) is 4.70 Å². The summed E-state index contributed by atoms with van der Waals surface area (Å²) in [5.74, 6) is 0. The van der Waals surface area contributed by atoms with Crippen molar-refractivity contribution in [1.29, 1.82) is 0 Å². The van der Waals surface area contributed by atoms with Gasteiger partial charge in [0.25, 0.3) is 0 Å². The van der Waals surface area contributed by atoms with Gasteiger partial charge in [-0.25, -0.2) is 4.70 Å². The molecule has 36 heavy (non-hydrogen) atoms. The number of benzene rings is 2. The molecule has 0 unspecified atom stereocenters. The van der Waals surface area contributed by atoms with Crippen LogP contribution in [0.3, 0.4) is 0 Å². The lowest BCUT2D eigenvalue weighted by atomic mass is 9.94. The van der Waals surface area contributed by atoms with Gasteiger partial charge in [-0.05, 0) is 80.3 Å². The summed E-state index contributed by atoms with van der Waals surface area (Å²) >= 11 is 0. The first-order valence-electron chi connectivity index (χ1n) is 14.5. The third kappa shape index (κ3) is 7.15. The van der Waals surface area contributed by atoms with Crippen LogP contribution in [0.2, 0.25) is 0 Å². The van der Waals surface area contributed by atoms with Crippen molar-refractivity contribution in [2.45, 2.75) is 105 Å². The van der Waals surface area contributed by atoms with Gasteiger partial charge in [0.1, 0.15) is 0 Å². The van der Waals surface area contributed by atoms with Gasteiger partial charge in [0.2, 0.25) is 11.4 Å². The molecular formula is C34H46N2. The predicted molar refractivity (Wildman–Crippen MR) is 156 cm³/mol. The zero-order chi connectivity index (χ0) is 25.8. The summed E-state index contributed by atoms with van der Waals surface area (Å²) in [6.45, 7) is 8.92. The molecule has 0 atom stereocenters. The molecule has 2 nitrogen and oxygen atoms in total. The van der Waals surface area contributed by atoms with E-state index in [1.165, 1.54) is 65.5 Å². The molecule has 0 saturated heterocycles. The highest BCUT2D eigenvalue weighted by Crippen LogP contribution is 2.43. The Labute approximate surface area is 220 Å². The largest absolute Gasteiger partial charge is 0.493 e. The second kappa shape index (κ2) is 14.7. The van der Waals surface area contributed by atoms with E-state index in [4.69, 9.17) is 0 Å². The van der Waals surface area contributed by atoms with Gasteiger partial charge in [0.05, 0.1) is 5.57 Å². The lowest BCUT2D eigenvalue weighted by molar-refractivity contribution is -0.345. The van der Waals surface area contributed by atoms with E-state index in [1.807, 2.05) is 0 Å². The first-order chi connectivity index (χ1) is 17.6. The van der Waals surface area contributed by atoms with Gasteiger partial charge in [-0.3, -0.25) is 0 Å². The summed E-state index contributed by atoms with van der Waals surface area (Å²) in [5, 5.41) is 0. The van der Waals surface area contributed by atoms with Crippen LogP contribution in [0.1, 0.15) is 114 Å². The normalized spacial score (nSPS) is 14.1. The molecule has 1 heterocycles. The number of unbranched alkanes of at least 4 members (excludes halogenated alkanes) is 5. The fourth-order valence-electron chi connectivity index (χ4n) is 5.13. The van der Waals surface area contributed by atoms with Crippen LogP contribution >= 0.6 is 0 Å². The van der Waals surface area contributed by atoms with Crippen molar-refractivity contribution in [3.63, 3.8) is 0 Å². The summed E-state index contributed by atoms with van der Waals surface area (Å²) in [6.07, 6.45) is 18.2. The van der Waals surface area contributed by atoms with Crippen LogP contribution in [0.5, 0.6) is 0 Å². The molecule has 0 spiro atoms. The molecule has 2 aromatic carbocycles. The summed E-state index contributed by atoms with van der Waals surface area (Å²) in [4.78, 5) is 0. The van der Waals surface area contributed by atoms with E-state index in [9.17, 15) is 5.53 Å². The van der Waals surface area contributed by atoms with Crippen LogP contribution in [0.4, 0.5) is 0 Å². The molecule has 0 N–H and O–H groups in total. The summed E-state index contributed by atoms with van der Waals surface area (Å²) in [6, 6.07) is 17.7. The van der Waals surface area contributed by atoms with Crippen molar-refractivity contribution >= 4 is 11.4 Å². The molecule has 0 aliphatic carbocycles. The van der Waals surface area contributed by atoms with Crippen molar-refractivity contribution in [3.05, 3.63) is 99.6 Å². The summed E-state index contributed by atoms with van der Waals surface area (Å²) < 4.78 is 1.50. The SMILES string of the molecule is CCC=CC1=C(c2cccc(CCCCC)c2)[N+](=[N-])C(c2cccc(CCCCC)c2)=C1CCCC. The smallest absolute Gasteiger partial charge is 0.215 e. The van der Waals surface area contributed by atoms with E-state index < -0.39 is 0 Å². The predicted octanol–water partition coefficient (Wildman–Crippen LogP) is 10.5. The zero-order valence-corrected chi connectivity index (χ0v) is 23.2. The van der Waals surface area contributed by atoms with Crippen molar-refractivity contribution < 1.29 is 4.70 Å². The molecule has 192 valence electrons. The fraction of sp³-hybridized carbons (Fsp3) is 0.471. The average Bonchev–Trinajstić information content (AvgIpc) is 3.17. The minimum Gasteiger partial charge on any atom is -0.493 e. The monoisotopic (exact) mass is 482 g/mol. The van der Waals surface area contributed by atoms with Gasteiger partial charge in [-0.15, -0.1) is 0 Å². The molecule has 0 fully saturated rings. The van der Waals surface area contributed by atoms with Crippen molar-refractivity contribution in [2.24, 2.45) is 0 Å². The molecule has 0 amide bonds. The number of aryl methyl sites for hydroxylation is 2. The summed E-state index contributed by atoms with van der Waals surface area (Å²) in [7, 11) is 0. The number of hydrogen-bond donors (Lipinski definition) is 0. The first kappa shape index (κ1) is 27.8. The van der Waals surface area contributed by atoms with E-state index in [0.717, 1.165) is 61.0 Å². The van der Waals surface area contributed by atoms with E-state index in [-0.39, 0.29) is 0 Å². The van der Waals surface area contributed by atoms with Crippen LogP contribution in [-0.2, 0) is 12.8 Å². The Bertz CT molecular complexity index is 1100. The van der Waals surface area contributed by atoms with Gasteiger partial charge in [0.15, 0.2) is 0 Å². The maximum Gasteiger partial charge on any atom is 0.215 e. The maximum absolute atomic E-state index is 11.8. The van der Waals surface area contributed by atoms with Crippen molar-refractivity contribution in [2.75, 3.05) is 0 Å². The lowest BCUT2D eigenvalue weighted by Gasteiger charge is -2.11. The molecule has 1 aliphatic rings. The Morgan fingerprint density at radius 2 is 1.22 bits per heavy atom. The standard InChI is InChI=1S/C34H46N2/c1-5-9-13-17-27-19-15-21-29(25-27)33-31(23-11-7-3)32(24-12-8-4)34(36(33)35)30-22-16-20-28(26-30)18-14-10-6-2/h11,15-16,19-23,25-26H,5-10,12-14,17-18,24H2,1-4H3. The quantitative estimate of drug-likeness (QED) is 0.178. The van der Waals surface area contributed by atoms with Gasteiger partial charge in [-0.1, -0.05) is 96.2 Å². The summed E-state index contributed by atoms with van der Waals surface area (Å²) in [5.41, 5.74) is 21.0. The molecule has 0 aromatic heterocycles. The minimum atomic E-state index is 0.925. The van der Waals surface area contributed by atoms with Gasteiger partial charge < -0.3 is 5.53 Å². The molecular weight excluding hydrogens is 436 g/mol. The first-order valence-corrected chi connectivity index (χ1v) is 14.5. The van der Waals surface area contributed by atoms with Gasteiger partial charge >= 0.3 is 0 Å². The average molecular weight is 483 g/mol. The second-order valence-corrected chi connectivity index (χ2v) is 10.1. The molecule has 0 saturated carbocycles. The minimum absolute atomic E-state index is 0.925. The van der Waals surface area contributed by atoms with Crippen molar-refractivity contribution in [1.82, 2.24) is 0 Å². The number of allylic oxidation sites excluding steroid dienone is 4. The molecule has 2 heteroatoms. The highest BCUT2D eigenvalue weighted by Gasteiger charge is 2.34. The van der Waals surface area contributed by atoms with Crippen LogP contribution in [0.25, 0.3) is 16.9 Å². The van der Waals surface area contributed by atoms with Gasteiger partial charge in [-0.2, -0.15) is 0 Å². The highest BCUT2D eigenvalue weighted by atomic mass is 15.2. The van der Waals surface area contributed by atoms with E-state index in [1.54, 1.807) is 0 Å². The van der Waals surface area contributed by atoms with Crippen molar-refractivity contribution in [3.8, 4) is 0 Å². The topological polar surface area (TPSA) is 25.3 Å². The van der Waals surface area contributed by atoms with Crippen LogP contribution in [0, 0.1) is 0 Å². The Balaban J connectivity index is 2.07. The Hall–Kier alpha value is -2.74. The molecule has 3 rings (SSSR count). The molecule has 0 radical (unpaired) electrons. The molecule has 1 aliphatic heterocycles. The van der Waals surface area contributed by atoms with Crippen LogP contribution in [0.15, 0.2) is 71.8 Å². The third-order valence-electron chi connectivity index (χ3n) is 7.13. The Kier molecular flexibility index (Phi) is 11.4. The third-order valence-corrected chi connectivity index (χ3v) is 7.13. The second-order valence-electron chi connectivity index (χ2n) is 10.1. The Morgan fingerprint density at radius 1 is 0.667 bits per heavy atom. The van der Waals surface area contributed by atoms with Crippen LogP contribution < -0.4 is 0 Å². The number of hydrogen-bond acceptors (Lipinski definition) is 0. The maximum atomic E-state index is 11.8. The zero-order valence-electron chi connectivity index (χ0n) is 23.2. The van der Waals surface area contributed by atoms with E-state index >= 15 is 0 Å². The Morgan fingerprint density at radius 3 is 1.75 bits per heavy atom. The van der Waals surface area contributed by atoms with E-state index in [0.29, 0.717) is 0 Å². The van der Waals surface area contributed by atoms with Gasteiger partial charge in [0, 0.05) is 16.7 Å². The highest BCUT2D eigenvalue weighted by molar-refractivity contribution is 5.84. The molecule has 0 bridgehead atoms.